The van der Waals surface area contributed by atoms with E-state index in [-0.39, 0.29) is 5.91 Å². The predicted octanol–water partition coefficient (Wildman–Crippen LogP) is 4.06. The molecule has 2 heterocycles. The summed E-state index contributed by atoms with van der Waals surface area (Å²) < 4.78 is 1.94. The molecule has 0 saturated carbocycles. The average molecular weight is 362 g/mol. The number of benzene rings is 1. The number of nitrogens with one attached hydrogen (secondary N) is 1. The van der Waals surface area contributed by atoms with E-state index >= 15 is 0 Å². The topological polar surface area (TPSA) is 50.2 Å². The van der Waals surface area contributed by atoms with Crippen molar-refractivity contribution in [3.8, 4) is 0 Å². The molecule has 4 rings (SSSR count). The van der Waals surface area contributed by atoms with Crippen LogP contribution in [0.3, 0.4) is 0 Å². The van der Waals surface area contributed by atoms with Crippen LogP contribution in [-0.2, 0) is 24.8 Å². The van der Waals surface area contributed by atoms with Gasteiger partial charge in [0, 0.05) is 49.8 Å². The van der Waals surface area contributed by atoms with Crippen molar-refractivity contribution in [1.82, 2.24) is 14.7 Å². The molecular weight excluding hydrogens is 336 g/mol. The summed E-state index contributed by atoms with van der Waals surface area (Å²) in [4.78, 5) is 13.6. The molecule has 5 nitrogen and oxygen atoms in total. The molecule has 5 heteroatoms. The van der Waals surface area contributed by atoms with E-state index in [1.54, 1.807) is 6.92 Å². The fourth-order valence-corrected chi connectivity index (χ4v) is 3.98. The first kappa shape index (κ1) is 17.6. The third-order valence-corrected chi connectivity index (χ3v) is 5.56. The molecule has 1 amide bonds. The molecule has 0 saturated heterocycles. The zero-order valence-electron chi connectivity index (χ0n) is 16.2. The lowest BCUT2D eigenvalue weighted by molar-refractivity contribution is -0.129. The number of allylic oxidation sites excluding steroid dienone is 4. The van der Waals surface area contributed by atoms with Crippen molar-refractivity contribution in [2.75, 3.05) is 11.9 Å². The Morgan fingerprint density at radius 2 is 2.04 bits per heavy atom. The quantitative estimate of drug-likeness (QED) is 0.896. The van der Waals surface area contributed by atoms with Gasteiger partial charge < -0.3 is 10.2 Å². The summed E-state index contributed by atoms with van der Waals surface area (Å²) in [7, 11) is 1.97. The number of aryl methyl sites for hydroxylation is 1. The first-order valence-corrected chi connectivity index (χ1v) is 9.52. The Hall–Kier alpha value is -2.82. The standard InChI is InChI=1S/C22H26N4O/c1-15-5-4-6-18(13-15)17-7-9-19(10-8-17)23-22-20-14-26(16(2)27)12-11-21(20)25(3)24-22/h4-10,18H,11-14H2,1-3H3,(H,23,24). The molecule has 27 heavy (non-hydrogen) atoms. The monoisotopic (exact) mass is 362 g/mol. The summed E-state index contributed by atoms with van der Waals surface area (Å²) in [6.07, 6.45) is 8.52. The molecule has 0 fully saturated rings. The Kier molecular flexibility index (Phi) is 4.60. The Bertz CT molecular complexity index is 921. The summed E-state index contributed by atoms with van der Waals surface area (Å²) in [5.41, 5.74) is 6.10. The van der Waals surface area contributed by atoms with Gasteiger partial charge in [0.15, 0.2) is 5.82 Å². The number of aromatic nitrogens is 2. The van der Waals surface area contributed by atoms with E-state index in [1.807, 2.05) is 16.6 Å². The van der Waals surface area contributed by atoms with Crippen LogP contribution >= 0.6 is 0 Å². The van der Waals surface area contributed by atoms with Crippen molar-refractivity contribution in [3.63, 3.8) is 0 Å². The van der Waals surface area contributed by atoms with Gasteiger partial charge in [0.2, 0.25) is 5.91 Å². The number of hydrogen-bond donors (Lipinski definition) is 1. The lowest BCUT2D eigenvalue weighted by Crippen LogP contribution is -2.34. The Balaban J connectivity index is 1.53. The van der Waals surface area contributed by atoms with Gasteiger partial charge in [0.25, 0.3) is 0 Å². The van der Waals surface area contributed by atoms with Gasteiger partial charge in [-0.25, -0.2) is 0 Å². The maximum atomic E-state index is 11.8. The van der Waals surface area contributed by atoms with Crippen LogP contribution in [0.1, 0.15) is 43.0 Å². The third-order valence-electron chi connectivity index (χ3n) is 5.56. The SMILES string of the molecule is CC(=O)N1CCc2c(c(Nc3ccc(C4C=CC=C(C)C4)cc3)nn2C)C1. The summed E-state index contributed by atoms with van der Waals surface area (Å²) in [6.45, 7) is 5.20. The summed E-state index contributed by atoms with van der Waals surface area (Å²) in [5.74, 6) is 1.42. The number of carbonyl (C=O) groups excluding carboxylic acids is 1. The van der Waals surface area contributed by atoms with Gasteiger partial charge in [-0.05, 0) is 31.0 Å². The van der Waals surface area contributed by atoms with Crippen molar-refractivity contribution in [3.05, 3.63) is 64.9 Å². The van der Waals surface area contributed by atoms with Crippen LogP contribution in [0.4, 0.5) is 11.5 Å². The minimum absolute atomic E-state index is 0.115. The van der Waals surface area contributed by atoms with Gasteiger partial charge in [0.1, 0.15) is 0 Å². The molecule has 1 aromatic heterocycles. The molecule has 2 aromatic rings. The fourth-order valence-electron chi connectivity index (χ4n) is 3.98. The van der Waals surface area contributed by atoms with Crippen molar-refractivity contribution in [1.29, 1.82) is 0 Å². The number of anilines is 2. The molecule has 0 radical (unpaired) electrons. The van der Waals surface area contributed by atoms with E-state index in [1.165, 1.54) is 16.8 Å². The first-order valence-electron chi connectivity index (χ1n) is 9.52. The second kappa shape index (κ2) is 7.06. The number of hydrogen-bond acceptors (Lipinski definition) is 3. The van der Waals surface area contributed by atoms with Gasteiger partial charge in [0.05, 0.1) is 6.54 Å². The minimum Gasteiger partial charge on any atom is -0.338 e. The largest absolute Gasteiger partial charge is 0.338 e. The van der Waals surface area contributed by atoms with E-state index in [2.05, 4.69) is 59.8 Å². The highest BCUT2D eigenvalue weighted by molar-refractivity contribution is 5.74. The highest BCUT2D eigenvalue weighted by Gasteiger charge is 2.25. The van der Waals surface area contributed by atoms with E-state index in [4.69, 9.17) is 0 Å². The minimum atomic E-state index is 0.115. The summed E-state index contributed by atoms with van der Waals surface area (Å²) in [6, 6.07) is 8.60. The number of carbonyl (C=O) groups is 1. The highest BCUT2D eigenvalue weighted by atomic mass is 16.2. The third kappa shape index (κ3) is 3.54. The lowest BCUT2D eigenvalue weighted by atomic mass is 9.89. The lowest BCUT2D eigenvalue weighted by Gasteiger charge is -2.26. The molecule has 1 aromatic carbocycles. The zero-order chi connectivity index (χ0) is 19.0. The maximum Gasteiger partial charge on any atom is 0.219 e. The van der Waals surface area contributed by atoms with Gasteiger partial charge in [-0.15, -0.1) is 0 Å². The van der Waals surface area contributed by atoms with E-state index in [0.29, 0.717) is 12.5 Å². The number of fused-ring (bicyclic) bond motifs is 1. The predicted molar refractivity (Wildman–Crippen MR) is 108 cm³/mol. The average Bonchev–Trinajstić information content (AvgIpc) is 2.97. The molecule has 0 spiro atoms. The van der Waals surface area contributed by atoms with Crippen molar-refractivity contribution in [2.45, 2.75) is 39.2 Å². The Labute approximate surface area is 160 Å². The first-order chi connectivity index (χ1) is 13.0. The molecule has 1 aliphatic carbocycles. The molecule has 1 atom stereocenters. The van der Waals surface area contributed by atoms with Crippen LogP contribution in [0, 0.1) is 0 Å². The molecule has 1 aliphatic heterocycles. The molecule has 0 bridgehead atoms. The molecule has 1 unspecified atom stereocenters. The van der Waals surface area contributed by atoms with Crippen LogP contribution in [-0.4, -0.2) is 27.1 Å². The fraction of sp³-hybridized carbons (Fsp3) is 0.364. The Morgan fingerprint density at radius 1 is 1.26 bits per heavy atom. The zero-order valence-corrected chi connectivity index (χ0v) is 16.2. The van der Waals surface area contributed by atoms with Crippen molar-refractivity contribution >= 4 is 17.4 Å². The smallest absolute Gasteiger partial charge is 0.219 e. The normalized spacial score (nSPS) is 18.9. The van der Waals surface area contributed by atoms with Crippen LogP contribution < -0.4 is 5.32 Å². The van der Waals surface area contributed by atoms with Gasteiger partial charge in [-0.3, -0.25) is 9.48 Å². The second-order valence-electron chi connectivity index (χ2n) is 7.54. The van der Waals surface area contributed by atoms with E-state index in [0.717, 1.165) is 36.5 Å². The van der Waals surface area contributed by atoms with Crippen LogP contribution in [0.15, 0.2) is 48.1 Å². The second-order valence-corrected chi connectivity index (χ2v) is 7.54. The summed E-state index contributed by atoms with van der Waals surface area (Å²) in [5, 5.41) is 8.10. The summed E-state index contributed by atoms with van der Waals surface area (Å²) >= 11 is 0. The molecular formula is C22H26N4O. The number of nitrogens with zero attached hydrogens (tertiary/aromatic N) is 3. The van der Waals surface area contributed by atoms with E-state index in [9.17, 15) is 4.79 Å². The van der Waals surface area contributed by atoms with Gasteiger partial charge >= 0.3 is 0 Å². The number of rotatable bonds is 3. The Morgan fingerprint density at radius 3 is 2.74 bits per heavy atom. The molecule has 2 aliphatic rings. The van der Waals surface area contributed by atoms with Gasteiger partial charge in [-0.1, -0.05) is 35.9 Å². The van der Waals surface area contributed by atoms with E-state index < -0.39 is 0 Å². The van der Waals surface area contributed by atoms with Crippen LogP contribution in [0.25, 0.3) is 0 Å². The molecule has 1 N–H and O–H groups in total. The highest BCUT2D eigenvalue weighted by Crippen LogP contribution is 2.31. The van der Waals surface area contributed by atoms with Crippen LogP contribution in [0.5, 0.6) is 0 Å². The maximum absolute atomic E-state index is 11.8. The van der Waals surface area contributed by atoms with Crippen molar-refractivity contribution in [2.24, 2.45) is 7.05 Å². The van der Waals surface area contributed by atoms with Crippen molar-refractivity contribution < 1.29 is 4.79 Å². The molecule has 140 valence electrons. The number of amides is 1. The van der Waals surface area contributed by atoms with Crippen LogP contribution in [0.2, 0.25) is 0 Å². The van der Waals surface area contributed by atoms with Gasteiger partial charge in [-0.2, -0.15) is 5.10 Å².